The standard InChI is InChI=1S/C23H17N7O2/c1-14-4-9-20-18(11-14)19(12-21(26-20)15-3-2-10-24-13-15)22(31)25-16-5-7-17(8-6-16)32-23-27-29-30-28-23/h2-13H,1H3,(H,25,31)(H,27,28,29,30). The Kier molecular flexibility index (Phi) is 4.97. The maximum Gasteiger partial charge on any atom is 0.361 e. The molecular formula is C23H17N7O2. The average Bonchev–Trinajstić information content (AvgIpc) is 3.33. The van der Waals surface area contributed by atoms with Crippen LogP contribution in [0.5, 0.6) is 11.8 Å². The largest absolute Gasteiger partial charge is 0.422 e. The summed E-state index contributed by atoms with van der Waals surface area (Å²) in [6, 6.07) is 18.4. The predicted octanol–water partition coefficient (Wildman–Crippen LogP) is 4.16. The summed E-state index contributed by atoms with van der Waals surface area (Å²) in [4.78, 5) is 22.1. The van der Waals surface area contributed by atoms with E-state index >= 15 is 0 Å². The van der Waals surface area contributed by atoms with Crippen LogP contribution in [0, 0.1) is 6.92 Å². The van der Waals surface area contributed by atoms with Crippen LogP contribution in [0.25, 0.3) is 22.2 Å². The van der Waals surface area contributed by atoms with E-state index in [4.69, 9.17) is 9.72 Å². The molecule has 0 bridgehead atoms. The van der Waals surface area contributed by atoms with Gasteiger partial charge in [0.2, 0.25) is 0 Å². The van der Waals surface area contributed by atoms with Crippen molar-refractivity contribution in [1.29, 1.82) is 0 Å². The van der Waals surface area contributed by atoms with Crippen molar-refractivity contribution in [2.75, 3.05) is 5.32 Å². The molecule has 0 unspecified atom stereocenters. The molecule has 9 heteroatoms. The average molecular weight is 423 g/mol. The minimum Gasteiger partial charge on any atom is -0.422 e. The number of aromatic amines is 1. The van der Waals surface area contributed by atoms with Crippen molar-refractivity contribution < 1.29 is 9.53 Å². The van der Waals surface area contributed by atoms with Crippen molar-refractivity contribution >= 4 is 22.5 Å². The van der Waals surface area contributed by atoms with E-state index in [9.17, 15) is 4.79 Å². The minimum absolute atomic E-state index is 0.114. The third-order valence-electron chi connectivity index (χ3n) is 4.81. The molecule has 0 saturated heterocycles. The number of carbonyl (C=O) groups is 1. The van der Waals surface area contributed by atoms with Gasteiger partial charge >= 0.3 is 6.01 Å². The number of H-pyrrole nitrogens is 1. The third kappa shape index (κ3) is 3.99. The first-order valence-electron chi connectivity index (χ1n) is 9.80. The first kappa shape index (κ1) is 19.3. The number of aryl methyl sites for hydroxylation is 1. The number of nitrogens with zero attached hydrogens (tertiary/aromatic N) is 5. The number of aromatic nitrogens is 6. The van der Waals surface area contributed by atoms with Gasteiger partial charge in [-0.25, -0.2) is 4.98 Å². The molecule has 5 aromatic rings. The molecule has 2 N–H and O–H groups in total. The molecule has 32 heavy (non-hydrogen) atoms. The molecule has 0 atom stereocenters. The van der Waals surface area contributed by atoms with E-state index in [-0.39, 0.29) is 11.9 Å². The zero-order chi connectivity index (χ0) is 21.9. The Morgan fingerprint density at radius 1 is 1.06 bits per heavy atom. The molecule has 3 aromatic heterocycles. The smallest absolute Gasteiger partial charge is 0.361 e. The molecule has 0 aliphatic rings. The topological polar surface area (TPSA) is 119 Å². The second-order valence-corrected chi connectivity index (χ2v) is 7.09. The molecule has 0 radical (unpaired) electrons. The molecule has 0 saturated carbocycles. The Morgan fingerprint density at radius 3 is 2.69 bits per heavy atom. The van der Waals surface area contributed by atoms with Crippen LogP contribution >= 0.6 is 0 Å². The highest BCUT2D eigenvalue weighted by molar-refractivity contribution is 6.13. The number of fused-ring (bicyclic) bond motifs is 1. The summed E-state index contributed by atoms with van der Waals surface area (Å²) in [5.74, 6) is 0.285. The number of anilines is 1. The lowest BCUT2D eigenvalue weighted by Crippen LogP contribution is -2.13. The van der Waals surface area contributed by atoms with E-state index in [0.29, 0.717) is 22.7 Å². The van der Waals surface area contributed by atoms with Gasteiger partial charge in [0.25, 0.3) is 5.91 Å². The molecule has 2 aromatic carbocycles. The van der Waals surface area contributed by atoms with Crippen molar-refractivity contribution in [2.45, 2.75) is 6.92 Å². The number of carbonyl (C=O) groups excluding carboxylic acids is 1. The van der Waals surface area contributed by atoms with Crippen molar-refractivity contribution in [3.05, 3.63) is 84.2 Å². The van der Waals surface area contributed by atoms with Gasteiger partial charge in [-0.15, -0.1) is 0 Å². The SMILES string of the molecule is Cc1ccc2nc(-c3cccnc3)cc(C(=O)Nc3ccc(Oc4nn[nH]n4)cc3)c2c1. The number of hydrogen-bond acceptors (Lipinski definition) is 7. The van der Waals surface area contributed by atoms with Gasteiger partial charge in [0, 0.05) is 29.0 Å². The second kappa shape index (κ2) is 8.23. The first-order valence-corrected chi connectivity index (χ1v) is 9.80. The van der Waals surface area contributed by atoms with E-state index in [2.05, 4.69) is 30.9 Å². The Bertz CT molecular complexity index is 1390. The van der Waals surface area contributed by atoms with Gasteiger partial charge in [0.15, 0.2) is 0 Å². The quantitative estimate of drug-likeness (QED) is 0.436. The van der Waals surface area contributed by atoms with E-state index < -0.39 is 0 Å². The van der Waals surface area contributed by atoms with Gasteiger partial charge in [-0.2, -0.15) is 5.21 Å². The van der Waals surface area contributed by atoms with Crippen LogP contribution in [0.4, 0.5) is 5.69 Å². The molecule has 0 aliphatic heterocycles. The summed E-state index contributed by atoms with van der Waals surface area (Å²) in [6.45, 7) is 1.98. The van der Waals surface area contributed by atoms with Crippen LogP contribution in [0.1, 0.15) is 15.9 Å². The molecule has 0 fully saturated rings. The van der Waals surface area contributed by atoms with Gasteiger partial charge in [-0.05, 0) is 66.7 Å². The highest BCUT2D eigenvalue weighted by atomic mass is 16.5. The molecule has 5 rings (SSSR count). The number of hydrogen-bond donors (Lipinski definition) is 2. The summed E-state index contributed by atoms with van der Waals surface area (Å²) in [6.07, 6.45) is 3.43. The highest BCUT2D eigenvalue weighted by Gasteiger charge is 2.15. The number of tetrazole rings is 1. The van der Waals surface area contributed by atoms with Crippen molar-refractivity contribution in [2.24, 2.45) is 0 Å². The maximum atomic E-state index is 13.2. The highest BCUT2D eigenvalue weighted by Crippen LogP contribution is 2.27. The Balaban J connectivity index is 1.46. The molecule has 9 nitrogen and oxygen atoms in total. The summed E-state index contributed by atoms with van der Waals surface area (Å²) >= 11 is 0. The molecule has 3 heterocycles. The number of benzene rings is 2. The Labute approximate surface area is 182 Å². The van der Waals surface area contributed by atoms with Crippen LogP contribution < -0.4 is 10.1 Å². The normalized spacial score (nSPS) is 10.8. The lowest BCUT2D eigenvalue weighted by atomic mass is 10.0. The van der Waals surface area contributed by atoms with Crippen molar-refractivity contribution in [1.82, 2.24) is 30.6 Å². The lowest BCUT2D eigenvalue weighted by molar-refractivity contribution is 0.102. The van der Waals surface area contributed by atoms with E-state index in [1.807, 2.05) is 37.3 Å². The monoisotopic (exact) mass is 423 g/mol. The van der Waals surface area contributed by atoms with Crippen LogP contribution in [-0.4, -0.2) is 36.5 Å². The zero-order valence-corrected chi connectivity index (χ0v) is 17.0. The molecular weight excluding hydrogens is 406 g/mol. The zero-order valence-electron chi connectivity index (χ0n) is 17.0. The Hall–Kier alpha value is -4.66. The molecule has 1 amide bonds. The number of ether oxygens (including phenoxy) is 1. The van der Waals surface area contributed by atoms with Gasteiger partial charge in [0.1, 0.15) is 5.75 Å². The van der Waals surface area contributed by atoms with E-state index in [1.54, 1.807) is 42.7 Å². The first-order chi connectivity index (χ1) is 15.7. The Morgan fingerprint density at radius 2 is 1.94 bits per heavy atom. The molecule has 156 valence electrons. The van der Waals surface area contributed by atoms with Gasteiger partial charge in [-0.3, -0.25) is 9.78 Å². The third-order valence-corrected chi connectivity index (χ3v) is 4.81. The number of amides is 1. The summed E-state index contributed by atoms with van der Waals surface area (Å²) in [5, 5.41) is 17.0. The number of nitrogens with one attached hydrogen (secondary N) is 2. The minimum atomic E-state index is -0.236. The van der Waals surface area contributed by atoms with Gasteiger partial charge in [-0.1, -0.05) is 21.8 Å². The fourth-order valence-corrected chi connectivity index (χ4v) is 3.30. The van der Waals surface area contributed by atoms with Gasteiger partial charge in [0.05, 0.1) is 16.8 Å². The fraction of sp³-hybridized carbons (Fsp3) is 0.0435. The molecule has 0 aliphatic carbocycles. The maximum absolute atomic E-state index is 13.2. The van der Waals surface area contributed by atoms with Gasteiger partial charge < -0.3 is 10.1 Å². The fourth-order valence-electron chi connectivity index (χ4n) is 3.30. The van der Waals surface area contributed by atoms with Crippen LogP contribution in [0.15, 0.2) is 73.1 Å². The summed E-state index contributed by atoms with van der Waals surface area (Å²) in [5.41, 5.74) is 4.47. The summed E-state index contributed by atoms with van der Waals surface area (Å²) in [7, 11) is 0. The lowest BCUT2D eigenvalue weighted by Gasteiger charge is -2.11. The van der Waals surface area contributed by atoms with E-state index in [1.165, 1.54) is 0 Å². The number of pyridine rings is 2. The second-order valence-electron chi connectivity index (χ2n) is 7.09. The predicted molar refractivity (Wildman–Crippen MR) is 118 cm³/mol. The van der Waals surface area contributed by atoms with Crippen LogP contribution in [-0.2, 0) is 0 Å². The van der Waals surface area contributed by atoms with Crippen molar-refractivity contribution in [3.8, 4) is 23.0 Å². The van der Waals surface area contributed by atoms with Crippen LogP contribution in [0.2, 0.25) is 0 Å². The van der Waals surface area contributed by atoms with E-state index in [0.717, 1.165) is 22.0 Å². The van der Waals surface area contributed by atoms with Crippen LogP contribution in [0.3, 0.4) is 0 Å². The van der Waals surface area contributed by atoms with Crippen molar-refractivity contribution in [3.63, 3.8) is 0 Å². The number of rotatable bonds is 5. The summed E-state index contributed by atoms with van der Waals surface area (Å²) < 4.78 is 5.46. The molecule has 0 spiro atoms.